The fourth-order valence-corrected chi connectivity index (χ4v) is 2.93. The van der Waals surface area contributed by atoms with Crippen LogP contribution in [0.3, 0.4) is 0 Å². The van der Waals surface area contributed by atoms with Crippen LogP contribution in [0.4, 0.5) is 0 Å². The maximum absolute atomic E-state index is 11.9. The maximum Gasteiger partial charge on any atom is 0.220 e. The number of piperidine rings is 1. The van der Waals surface area contributed by atoms with Crippen LogP contribution in [0, 0.1) is 5.92 Å². The first kappa shape index (κ1) is 14.3. The Morgan fingerprint density at radius 1 is 1.26 bits per heavy atom. The minimum atomic E-state index is 0.138. The Morgan fingerprint density at radius 3 is 2.58 bits per heavy atom. The predicted octanol–water partition coefficient (Wildman–Crippen LogP) is 0.503. The number of likely N-dealkylation sites (tertiary alicyclic amines) is 1. The highest BCUT2D eigenvalue weighted by Gasteiger charge is 2.22. The van der Waals surface area contributed by atoms with Crippen molar-refractivity contribution in [2.24, 2.45) is 5.92 Å². The Morgan fingerprint density at radius 2 is 2.00 bits per heavy atom. The molecular weight excluding hydrogens is 242 g/mol. The van der Waals surface area contributed by atoms with E-state index in [-0.39, 0.29) is 17.9 Å². The van der Waals surface area contributed by atoms with Gasteiger partial charge in [-0.15, -0.1) is 0 Å². The normalized spacial score (nSPS) is 24.5. The van der Waals surface area contributed by atoms with Crippen LogP contribution < -0.4 is 10.6 Å². The van der Waals surface area contributed by atoms with Gasteiger partial charge in [0.15, 0.2) is 0 Å². The molecule has 0 aromatic rings. The summed E-state index contributed by atoms with van der Waals surface area (Å²) >= 11 is 0. The maximum atomic E-state index is 11.9. The second kappa shape index (κ2) is 6.89. The van der Waals surface area contributed by atoms with E-state index in [1.54, 1.807) is 6.92 Å². The van der Waals surface area contributed by atoms with E-state index < -0.39 is 0 Å². The summed E-state index contributed by atoms with van der Waals surface area (Å²) in [6, 6.07) is 0.254. The monoisotopic (exact) mass is 267 g/mol. The number of carbonyl (C=O) groups is 2. The zero-order valence-electron chi connectivity index (χ0n) is 11.8. The van der Waals surface area contributed by atoms with E-state index >= 15 is 0 Å². The smallest absolute Gasteiger partial charge is 0.220 e. The molecule has 1 atom stereocenters. The minimum absolute atomic E-state index is 0.138. The van der Waals surface area contributed by atoms with E-state index in [1.807, 2.05) is 4.90 Å². The third-order valence-corrected chi connectivity index (χ3v) is 4.25. The average Bonchev–Trinajstić information content (AvgIpc) is 2.90. The standard InChI is InChI=1S/C14H25N3O2/c1-11(18)17-8-5-13(6-9-17)16-14(19)3-2-12-4-7-15-10-12/h12-13,15H,2-10H2,1H3,(H,16,19). The van der Waals surface area contributed by atoms with Gasteiger partial charge in [0.1, 0.15) is 0 Å². The molecule has 2 fully saturated rings. The first-order valence-electron chi connectivity index (χ1n) is 7.40. The van der Waals surface area contributed by atoms with Gasteiger partial charge in [0, 0.05) is 32.5 Å². The first-order chi connectivity index (χ1) is 9.15. The molecule has 0 bridgehead atoms. The fraction of sp³-hybridized carbons (Fsp3) is 0.857. The van der Waals surface area contributed by atoms with Crippen LogP contribution in [0.5, 0.6) is 0 Å². The van der Waals surface area contributed by atoms with Gasteiger partial charge in [-0.3, -0.25) is 9.59 Å². The van der Waals surface area contributed by atoms with Crippen LogP contribution in [0.25, 0.3) is 0 Å². The summed E-state index contributed by atoms with van der Waals surface area (Å²) in [5, 5.41) is 6.43. The van der Waals surface area contributed by atoms with Crippen LogP contribution >= 0.6 is 0 Å². The number of hydrogen-bond acceptors (Lipinski definition) is 3. The predicted molar refractivity (Wildman–Crippen MR) is 73.6 cm³/mol. The third-order valence-electron chi connectivity index (χ3n) is 4.25. The van der Waals surface area contributed by atoms with Crippen LogP contribution in [0.1, 0.15) is 39.0 Å². The third kappa shape index (κ3) is 4.49. The molecule has 5 heteroatoms. The van der Waals surface area contributed by atoms with Crippen LogP contribution in [-0.2, 0) is 9.59 Å². The number of rotatable bonds is 4. The summed E-state index contributed by atoms with van der Waals surface area (Å²) in [7, 11) is 0. The molecule has 108 valence electrons. The highest BCUT2D eigenvalue weighted by molar-refractivity contribution is 5.76. The molecule has 2 amide bonds. The lowest BCUT2D eigenvalue weighted by molar-refractivity contribution is -0.130. The van der Waals surface area contributed by atoms with Gasteiger partial charge >= 0.3 is 0 Å². The molecule has 0 saturated carbocycles. The molecule has 2 rings (SSSR count). The molecule has 5 nitrogen and oxygen atoms in total. The molecule has 2 saturated heterocycles. The lowest BCUT2D eigenvalue weighted by atomic mass is 10.0. The Bertz CT molecular complexity index is 319. The van der Waals surface area contributed by atoms with Gasteiger partial charge in [-0.25, -0.2) is 0 Å². The zero-order valence-corrected chi connectivity index (χ0v) is 11.8. The molecule has 19 heavy (non-hydrogen) atoms. The van der Waals surface area contributed by atoms with Crippen molar-refractivity contribution in [2.75, 3.05) is 26.2 Å². The van der Waals surface area contributed by atoms with Crippen molar-refractivity contribution in [1.29, 1.82) is 0 Å². The van der Waals surface area contributed by atoms with Crippen LogP contribution in [-0.4, -0.2) is 48.9 Å². The molecule has 0 aliphatic carbocycles. The first-order valence-corrected chi connectivity index (χ1v) is 7.40. The van der Waals surface area contributed by atoms with Crippen LogP contribution in [0.15, 0.2) is 0 Å². The van der Waals surface area contributed by atoms with Gasteiger partial charge < -0.3 is 15.5 Å². The molecule has 0 radical (unpaired) electrons. The Kier molecular flexibility index (Phi) is 5.19. The molecular formula is C14H25N3O2. The van der Waals surface area contributed by atoms with Crippen molar-refractivity contribution in [3.8, 4) is 0 Å². The fourth-order valence-electron chi connectivity index (χ4n) is 2.93. The van der Waals surface area contributed by atoms with Crippen molar-refractivity contribution in [1.82, 2.24) is 15.5 Å². The molecule has 1 unspecified atom stereocenters. The number of amides is 2. The van der Waals surface area contributed by atoms with E-state index in [0.717, 1.165) is 45.4 Å². The van der Waals surface area contributed by atoms with E-state index in [2.05, 4.69) is 10.6 Å². The molecule has 0 aromatic carbocycles. The van der Waals surface area contributed by atoms with Crippen LogP contribution in [0.2, 0.25) is 0 Å². The molecule has 0 aromatic heterocycles. The summed E-state index contributed by atoms with van der Waals surface area (Å²) in [5.74, 6) is 0.983. The summed E-state index contributed by atoms with van der Waals surface area (Å²) in [4.78, 5) is 24.9. The molecule has 2 heterocycles. The van der Waals surface area contributed by atoms with Gasteiger partial charge in [0.05, 0.1) is 0 Å². The Hall–Kier alpha value is -1.10. The Labute approximate surface area is 115 Å². The van der Waals surface area contributed by atoms with Crippen molar-refractivity contribution < 1.29 is 9.59 Å². The molecule has 0 spiro atoms. The van der Waals surface area contributed by atoms with Crippen molar-refractivity contribution in [2.45, 2.75) is 45.1 Å². The van der Waals surface area contributed by atoms with Gasteiger partial charge in [-0.2, -0.15) is 0 Å². The number of carbonyl (C=O) groups excluding carboxylic acids is 2. The largest absolute Gasteiger partial charge is 0.353 e. The highest BCUT2D eigenvalue weighted by Crippen LogP contribution is 2.15. The lowest BCUT2D eigenvalue weighted by Crippen LogP contribution is -2.46. The minimum Gasteiger partial charge on any atom is -0.353 e. The zero-order chi connectivity index (χ0) is 13.7. The van der Waals surface area contributed by atoms with E-state index in [1.165, 1.54) is 6.42 Å². The van der Waals surface area contributed by atoms with E-state index in [0.29, 0.717) is 12.3 Å². The summed E-state index contributed by atoms with van der Waals surface area (Å²) < 4.78 is 0. The summed E-state index contributed by atoms with van der Waals surface area (Å²) in [6.07, 6.45) is 4.60. The van der Waals surface area contributed by atoms with Gasteiger partial charge in [0.25, 0.3) is 0 Å². The van der Waals surface area contributed by atoms with Crippen molar-refractivity contribution >= 4 is 11.8 Å². The molecule has 2 aliphatic rings. The van der Waals surface area contributed by atoms with Crippen molar-refractivity contribution in [3.05, 3.63) is 0 Å². The molecule has 2 aliphatic heterocycles. The SMILES string of the molecule is CC(=O)N1CCC(NC(=O)CCC2CCNC2)CC1. The van der Waals surface area contributed by atoms with Gasteiger partial charge in [0.2, 0.25) is 11.8 Å². The second-order valence-electron chi connectivity index (χ2n) is 5.75. The number of nitrogens with one attached hydrogen (secondary N) is 2. The van der Waals surface area contributed by atoms with Crippen molar-refractivity contribution in [3.63, 3.8) is 0 Å². The second-order valence-corrected chi connectivity index (χ2v) is 5.75. The van der Waals surface area contributed by atoms with E-state index in [9.17, 15) is 9.59 Å². The Balaban J connectivity index is 1.61. The lowest BCUT2D eigenvalue weighted by Gasteiger charge is -2.31. The highest BCUT2D eigenvalue weighted by atomic mass is 16.2. The number of hydrogen-bond donors (Lipinski definition) is 2. The van der Waals surface area contributed by atoms with E-state index in [4.69, 9.17) is 0 Å². The molecule has 2 N–H and O–H groups in total. The quantitative estimate of drug-likeness (QED) is 0.780. The number of nitrogens with zero attached hydrogens (tertiary/aromatic N) is 1. The summed E-state index contributed by atoms with van der Waals surface area (Å²) in [6.45, 7) is 5.30. The topological polar surface area (TPSA) is 61.4 Å². The van der Waals surface area contributed by atoms with Gasteiger partial charge in [-0.1, -0.05) is 0 Å². The average molecular weight is 267 g/mol. The van der Waals surface area contributed by atoms with Gasteiger partial charge in [-0.05, 0) is 44.7 Å². The summed E-state index contributed by atoms with van der Waals surface area (Å²) in [5.41, 5.74) is 0.